The Morgan fingerprint density at radius 3 is 2.75 bits per heavy atom. The highest BCUT2D eigenvalue weighted by molar-refractivity contribution is 6.09. The lowest BCUT2D eigenvalue weighted by atomic mass is 9.98. The Morgan fingerprint density at radius 2 is 2.00 bits per heavy atom. The highest BCUT2D eigenvalue weighted by Crippen LogP contribution is 2.31. The SMILES string of the molecule is C/C=C\C(=O)Nc1cccc(-c2ccc(C(N)=O)c3[nH]ccc23)c1. The molecule has 3 aromatic rings. The number of fused-ring (bicyclic) bond motifs is 1. The summed E-state index contributed by atoms with van der Waals surface area (Å²) in [4.78, 5) is 26.3. The largest absolute Gasteiger partial charge is 0.366 e. The van der Waals surface area contributed by atoms with Crippen molar-refractivity contribution in [3.05, 3.63) is 66.4 Å². The van der Waals surface area contributed by atoms with Gasteiger partial charge in [0.2, 0.25) is 5.91 Å². The van der Waals surface area contributed by atoms with Crippen molar-refractivity contribution in [2.75, 3.05) is 5.32 Å². The van der Waals surface area contributed by atoms with Crippen molar-refractivity contribution in [2.45, 2.75) is 6.92 Å². The van der Waals surface area contributed by atoms with Gasteiger partial charge >= 0.3 is 0 Å². The number of hydrogen-bond donors (Lipinski definition) is 3. The molecule has 0 saturated carbocycles. The molecule has 2 aromatic carbocycles. The van der Waals surface area contributed by atoms with Gasteiger partial charge in [-0.25, -0.2) is 0 Å². The van der Waals surface area contributed by atoms with E-state index in [2.05, 4.69) is 10.3 Å². The minimum atomic E-state index is -0.471. The first-order valence-electron chi connectivity index (χ1n) is 7.54. The van der Waals surface area contributed by atoms with Gasteiger partial charge in [-0.1, -0.05) is 24.3 Å². The van der Waals surface area contributed by atoms with Gasteiger partial charge in [-0.2, -0.15) is 0 Å². The second-order valence-corrected chi connectivity index (χ2v) is 5.36. The van der Waals surface area contributed by atoms with Crippen LogP contribution in [0, 0.1) is 0 Å². The number of anilines is 1. The zero-order chi connectivity index (χ0) is 17.1. The molecule has 2 amide bonds. The van der Waals surface area contributed by atoms with Crippen molar-refractivity contribution in [3.8, 4) is 11.1 Å². The highest BCUT2D eigenvalue weighted by Gasteiger charge is 2.12. The summed E-state index contributed by atoms with van der Waals surface area (Å²) in [5.41, 5.74) is 9.19. The first-order valence-corrected chi connectivity index (χ1v) is 7.54. The normalized spacial score (nSPS) is 11.0. The van der Waals surface area contributed by atoms with Crippen LogP contribution in [0.2, 0.25) is 0 Å². The lowest BCUT2D eigenvalue weighted by Gasteiger charge is -2.09. The van der Waals surface area contributed by atoms with Crippen molar-refractivity contribution >= 4 is 28.4 Å². The van der Waals surface area contributed by atoms with Gasteiger partial charge in [0.15, 0.2) is 0 Å². The number of rotatable bonds is 4. The second kappa shape index (κ2) is 6.42. The number of hydrogen-bond acceptors (Lipinski definition) is 2. The molecule has 0 aliphatic carbocycles. The molecule has 1 aromatic heterocycles. The van der Waals surface area contributed by atoms with Crippen LogP contribution in [-0.2, 0) is 4.79 Å². The Hall–Kier alpha value is -3.34. The molecular weight excluding hydrogens is 302 g/mol. The van der Waals surface area contributed by atoms with Gasteiger partial charge in [0.05, 0.1) is 11.1 Å². The predicted molar refractivity (Wildman–Crippen MR) is 95.7 cm³/mol. The lowest BCUT2D eigenvalue weighted by molar-refractivity contribution is -0.111. The third kappa shape index (κ3) is 2.92. The van der Waals surface area contributed by atoms with E-state index < -0.39 is 5.91 Å². The van der Waals surface area contributed by atoms with Gasteiger partial charge < -0.3 is 16.0 Å². The van der Waals surface area contributed by atoms with Gasteiger partial charge in [-0.3, -0.25) is 9.59 Å². The summed E-state index contributed by atoms with van der Waals surface area (Å²) >= 11 is 0. The van der Waals surface area contributed by atoms with E-state index in [0.717, 1.165) is 16.5 Å². The summed E-state index contributed by atoms with van der Waals surface area (Å²) in [6.45, 7) is 1.79. The van der Waals surface area contributed by atoms with E-state index in [1.54, 1.807) is 25.3 Å². The number of nitrogens with one attached hydrogen (secondary N) is 2. The molecule has 0 radical (unpaired) electrons. The average molecular weight is 319 g/mol. The number of carbonyl (C=O) groups is 2. The number of aromatic amines is 1. The van der Waals surface area contributed by atoms with Gasteiger partial charge in [0.25, 0.3) is 5.91 Å². The number of allylic oxidation sites excluding steroid dienone is 1. The molecule has 0 fully saturated rings. The second-order valence-electron chi connectivity index (χ2n) is 5.36. The van der Waals surface area contributed by atoms with Crippen molar-refractivity contribution < 1.29 is 9.59 Å². The maximum atomic E-state index is 11.7. The summed E-state index contributed by atoms with van der Waals surface area (Å²) in [6, 6.07) is 13.0. The quantitative estimate of drug-likeness (QED) is 0.643. The van der Waals surface area contributed by atoms with Crippen LogP contribution in [0.25, 0.3) is 22.0 Å². The Morgan fingerprint density at radius 1 is 1.17 bits per heavy atom. The first-order chi connectivity index (χ1) is 11.6. The number of amides is 2. The van der Waals surface area contributed by atoms with Crippen LogP contribution in [0.15, 0.2) is 60.8 Å². The van der Waals surface area contributed by atoms with Crippen LogP contribution in [0.1, 0.15) is 17.3 Å². The van der Waals surface area contributed by atoms with E-state index in [-0.39, 0.29) is 5.91 Å². The maximum absolute atomic E-state index is 11.7. The summed E-state index contributed by atoms with van der Waals surface area (Å²) in [7, 11) is 0. The molecule has 1 heterocycles. The Kier molecular flexibility index (Phi) is 4.16. The Balaban J connectivity index is 2.05. The fourth-order valence-electron chi connectivity index (χ4n) is 2.71. The maximum Gasteiger partial charge on any atom is 0.250 e. The molecule has 0 saturated heterocycles. The molecule has 0 bridgehead atoms. The molecule has 0 atom stereocenters. The van der Waals surface area contributed by atoms with Crippen LogP contribution >= 0.6 is 0 Å². The number of benzene rings is 2. The van der Waals surface area contributed by atoms with Crippen molar-refractivity contribution in [2.24, 2.45) is 5.73 Å². The number of primary amides is 1. The zero-order valence-corrected chi connectivity index (χ0v) is 13.2. The molecule has 5 heteroatoms. The minimum Gasteiger partial charge on any atom is -0.366 e. The fourth-order valence-corrected chi connectivity index (χ4v) is 2.71. The van der Waals surface area contributed by atoms with Crippen LogP contribution in [0.5, 0.6) is 0 Å². The molecule has 5 nitrogen and oxygen atoms in total. The topological polar surface area (TPSA) is 88.0 Å². The fraction of sp³-hybridized carbons (Fsp3) is 0.0526. The lowest BCUT2D eigenvalue weighted by Crippen LogP contribution is -2.11. The standard InChI is InChI=1S/C19H17N3O2/c1-2-4-17(23)22-13-6-3-5-12(11-13)14-7-8-16(19(20)24)18-15(14)9-10-21-18/h2-11,21H,1H3,(H2,20,24)(H,22,23)/b4-2-. The molecule has 0 unspecified atom stereocenters. The zero-order valence-electron chi connectivity index (χ0n) is 13.2. The van der Waals surface area contributed by atoms with Crippen molar-refractivity contribution in [1.29, 1.82) is 0 Å². The molecule has 120 valence electrons. The van der Waals surface area contributed by atoms with E-state index in [1.165, 1.54) is 6.08 Å². The minimum absolute atomic E-state index is 0.175. The Labute approximate surface area is 139 Å². The molecular formula is C19H17N3O2. The average Bonchev–Trinajstić information content (AvgIpc) is 3.03. The molecule has 0 spiro atoms. The van der Waals surface area contributed by atoms with Crippen molar-refractivity contribution in [1.82, 2.24) is 4.98 Å². The number of H-pyrrole nitrogens is 1. The van der Waals surface area contributed by atoms with E-state index in [1.807, 2.05) is 36.4 Å². The third-order valence-corrected chi connectivity index (χ3v) is 3.75. The molecule has 24 heavy (non-hydrogen) atoms. The van der Waals surface area contributed by atoms with Crippen LogP contribution in [0.3, 0.4) is 0 Å². The van der Waals surface area contributed by atoms with Crippen LogP contribution in [0.4, 0.5) is 5.69 Å². The van der Waals surface area contributed by atoms with Crippen LogP contribution < -0.4 is 11.1 Å². The third-order valence-electron chi connectivity index (χ3n) is 3.75. The van der Waals surface area contributed by atoms with Gasteiger partial charge in [0, 0.05) is 17.3 Å². The smallest absolute Gasteiger partial charge is 0.250 e. The van der Waals surface area contributed by atoms with E-state index in [9.17, 15) is 9.59 Å². The van der Waals surface area contributed by atoms with E-state index in [4.69, 9.17) is 5.73 Å². The molecule has 0 aliphatic rings. The van der Waals surface area contributed by atoms with Gasteiger partial charge in [0.1, 0.15) is 0 Å². The highest BCUT2D eigenvalue weighted by atomic mass is 16.1. The van der Waals surface area contributed by atoms with Gasteiger partial charge in [-0.15, -0.1) is 0 Å². The number of carbonyl (C=O) groups excluding carboxylic acids is 2. The number of nitrogens with two attached hydrogens (primary N) is 1. The summed E-state index contributed by atoms with van der Waals surface area (Å²) in [5, 5.41) is 3.72. The molecule has 3 rings (SSSR count). The summed E-state index contributed by atoms with van der Waals surface area (Å²) in [6.07, 6.45) is 4.93. The summed E-state index contributed by atoms with van der Waals surface area (Å²) < 4.78 is 0. The Bertz CT molecular complexity index is 954. The van der Waals surface area contributed by atoms with E-state index >= 15 is 0 Å². The monoisotopic (exact) mass is 319 g/mol. The molecule has 0 aliphatic heterocycles. The molecule has 4 N–H and O–H groups in total. The number of aromatic nitrogens is 1. The first kappa shape index (κ1) is 15.6. The predicted octanol–water partition coefficient (Wildman–Crippen LogP) is 3.45. The summed E-state index contributed by atoms with van der Waals surface area (Å²) in [5.74, 6) is -0.646. The van der Waals surface area contributed by atoms with Gasteiger partial charge in [-0.05, 0) is 48.4 Å². The van der Waals surface area contributed by atoms with E-state index in [0.29, 0.717) is 16.8 Å². The van der Waals surface area contributed by atoms with Crippen molar-refractivity contribution in [3.63, 3.8) is 0 Å². The van der Waals surface area contributed by atoms with Crippen LogP contribution in [-0.4, -0.2) is 16.8 Å².